The van der Waals surface area contributed by atoms with E-state index < -0.39 is 5.82 Å². The van der Waals surface area contributed by atoms with Crippen LogP contribution >= 0.6 is 0 Å². The van der Waals surface area contributed by atoms with Gasteiger partial charge in [0.2, 0.25) is 0 Å². The van der Waals surface area contributed by atoms with E-state index >= 15 is 0 Å². The zero-order chi connectivity index (χ0) is 13.9. The molecule has 1 heterocycles. The Kier molecular flexibility index (Phi) is 3.13. The summed E-state index contributed by atoms with van der Waals surface area (Å²) in [7, 11) is 0. The van der Waals surface area contributed by atoms with Crippen LogP contribution in [0.25, 0.3) is 16.8 Å². The lowest BCUT2D eigenvalue weighted by molar-refractivity contribution is 0.112. The van der Waals surface area contributed by atoms with Crippen LogP contribution < -0.4 is 0 Å². The molecule has 1 aromatic heterocycles. The first-order chi connectivity index (χ1) is 9.79. The zero-order valence-electron chi connectivity index (χ0n) is 10.5. The van der Waals surface area contributed by atoms with Crippen molar-refractivity contribution >= 4 is 6.29 Å². The van der Waals surface area contributed by atoms with E-state index in [1.807, 2.05) is 30.3 Å². The molecule has 2 aromatic carbocycles. The quantitative estimate of drug-likeness (QED) is 0.680. The lowest BCUT2D eigenvalue weighted by atomic mass is 10.1. The molecule has 0 spiro atoms. The number of carbonyl (C=O) groups is 1. The van der Waals surface area contributed by atoms with Crippen LogP contribution in [0, 0.1) is 5.82 Å². The summed E-state index contributed by atoms with van der Waals surface area (Å²) in [5.41, 5.74) is 2.30. The van der Waals surface area contributed by atoms with Crippen molar-refractivity contribution in [3.63, 3.8) is 0 Å². The van der Waals surface area contributed by atoms with Gasteiger partial charge in [-0.3, -0.25) is 4.79 Å². The first-order valence-electron chi connectivity index (χ1n) is 6.14. The topological polar surface area (TPSA) is 34.9 Å². The highest BCUT2D eigenvalue weighted by atomic mass is 19.1. The van der Waals surface area contributed by atoms with Gasteiger partial charge in [0.05, 0.1) is 6.20 Å². The predicted molar refractivity (Wildman–Crippen MR) is 74.3 cm³/mol. The van der Waals surface area contributed by atoms with Crippen LogP contribution in [0.3, 0.4) is 0 Å². The van der Waals surface area contributed by atoms with Crippen LogP contribution in [0.1, 0.15) is 10.4 Å². The first kappa shape index (κ1) is 12.3. The van der Waals surface area contributed by atoms with Crippen molar-refractivity contribution in [3.8, 4) is 16.8 Å². The molecule has 0 amide bonds. The molecule has 0 saturated heterocycles. The summed E-state index contributed by atoms with van der Waals surface area (Å²) >= 11 is 0. The van der Waals surface area contributed by atoms with Crippen LogP contribution in [0.2, 0.25) is 0 Å². The molecule has 3 aromatic rings. The summed E-state index contributed by atoms with van der Waals surface area (Å²) in [5.74, 6) is -0.475. The number of hydrogen-bond acceptors (Lipinski definition) is 2. The smallest absolute Gasteiger partial charge is 0.152 e. The number of aldehydes is 1. The Labute approximate surface area is 115 Å². The lowest BCUT2D eigenvalue weighted by Gasteiger charge is -2.05. The molecule has 0 unspecified atom stereocenters. The minimum atomic E-state index is -0.475. The molecule has 0 aliphatic rings. The third-order valence-electron chi connectivity index (χ3n) is 3.06. The second-order valence-electron chi connectivity index (χ2n) is 4.34. The van der Waals surface area contributed by atoms with E-state index in [1.54, 1.807) is 18.5 Å². The Balaban J connectivity index is 2.10. The standard InChI is InChI=1S/C16H11FN2O/c17-15-8-4-7-13(11-20)16(15)19-10-14(9-18-19)12-5-2-1-3-6-12/h1-11H. The molecule has 0 saturated carbocycles. The van der Waals surface area contributed by atoms with Crippen LogP contribution in [-0.4, -0.2) is 16.1 Å². The number of benzene rings is 2. The number of rotatable bonds is 3. The maximum atomic E-state index is 13.9. The Hall–Kier alpha value is -2.75. The fourth-order valence-electron chi connectivity index (χ4n) is 2.09. The van der Waals surface area contributed by atoms with Crippen molar-refractivity contribution < 1.29 is 9.18 Å². The molecule has 0 radical (unpaired) electrons. The van der Waals surface area contributed by atoms with Crippen LogP contribution in [0.15, 0.2) is 60.9 Å². The highest BCUT2D eigenvalue weighted by Gasteiger charge is 2.11. The third-order valence-corrected chi connectivity index (χ3v) is 3.06. The van der Waals surface area contributed by atoms with Crippen molar-refractivity contribution in [2.75, 3.05) is 0 Å². The summed E-state index contributed by atoms with van der Waals surface area (Å²) in [4.78, 5) is 11.0. The molecule has 20 heavy (non-hydrogen) atoms. The van der Waals surface area contributed by atoms with Gasteiger partial charge in [-0.25, -0.2) is 9.07 Å². The van der Waals surface area contributed by atoms with Gasteiger partial charge in [-0.05, 0) is 17.7 Å². The van der Waals surface area contributed by atoms with Crippen molar-refractivity contribution in [1.29, 1.82) is 0 Å². The fraction of sp³-hybridized carbons (Fsp3) is 0. The maximum absolute atomic E-state index is 13.9. The molecule has 3 nitrogen and oxygen atoms in total. The monoisotopic (exact) mass is 266 g/mol. The molecular weight excluding hydrogens is 255 g/mol. The van der Waals surface area contributed by atoms with E-state index in [9.17, 15) is 9.18 Å². The van der Waals surface area contributed by atoms with Gasteiger partial charge in [0.25, 0.3) is 0 Å². The number of para-hydroxylation sites is 1. The molecule has 3 rings (SSSR count). The molecule has 4 heteroatoms. The normalized spacial score (nSPS) is 10.4. The average molecular weight is 266 g/mol. The summed E-state index contributed by atoms with van der Waals surface area (Å²) in [6, 6.07) is 14.0. The summed E-state index contributed by atoms with van der Waals surface area (Å²) in [6.45, 7) is 0. The van der Waals surface area contributed by atoms with Gasteiger partial charge in [0, 0.05) is 17.3 Å². The lowest BCUT2D eigenvalue weighted by Crippen LogP contribution is -2.02. The van der Waals surface area contributed by atoms with Gasteiger partial charge in [0.15, 0.2) is 6.29 Å². The second kappa shape index (κ2) is 5.09. The van der Waals surface area contributed by atoms with E-state index in [0.29, 0.717) is 6.29 Å². The zero-order valence-corrected chi connectivity index (χ0v) is 10.5. The van der Waals surface area contributed by atoms with Crippen molar-refractivity contribution in [3.05, 3.63) is 72.3 Å². The summed E-state index contributed by atoms with van der Waals surface area (Å²) in [5, 5.41) is 4.15. The third kappa shape index (κ3) is 2.12. The molecule has 0 bridgehead atoms. The molecular formula is C16H11FN2O. The highest BCUT2D eigenvalue weighted by Crippen LogP contribution is 2.22. The average Bonchev–Trinajstić information content (AvgIpc) is 2.97. The largest absolute Gasteiger partial charge is 0.298 e. The number of carbonyl (C=O) groups excluding carboxylic acids is 1. The van der Waals surface area contributed by atoms with Crippen molar-refractivity contribution in [2.24, 2.45) is 0 Å². The second-order valence-corrected chi connectivity index (χ2v) is 4.34. The van der Waals surface area contributed by atoms with E-state index in [4.69, 9.17) is 0 Å². The van der Waals surface area contributed by atoms with Gasteiger partial charge in [-0.1, -0.05) is 36.4 Å². The fourth-order valence-corrected chi connectivity index (χ4v) is 2.09. The predicted octanol–water partition coefficient (Wildman–Crippen LogP) is 3.49. The molecule has 98 valence electrons. The minimum absolute atomic E-state index is 0.171. The van der Waals surface area contributed by atoms with Crippen LogP contribution in [-0.2, 0) is 0 Å². The first-order valence-corrected chi connectivity index (χ1v) is 6.14. The number of hydrogen-bond donors (Lipinski definition) is 0. The molecule has 0 atom stereocenters. The van der Waals surface area contributed by atoms with E-state index in [0.717, 1.165) is 11.1 Å². The van der Waals surface area contributed by atoms with Crippen LogP contribution in [0.5, 0.6) is 0 Å². The molecule has 0 N–H and O–H groups in total. The molecule has 0 fully saturated rings. The Bertz CT molecular complexity index is 750. The number of halogens is 1. The van der Waals surface area contributed by atoms with E-state index in [2.05, 4.69) is 5.10 Å². The van der Waals surface area contributed by atoms with Gasteiger partial charge >= 0.3 is 0 Å². The molecule has 0 aliphatic heterocycles. The maximum Gasteiger partial charge on any atom is 0.152 e. The Morgan fingerprint density at radius 1 is 1.00 bits per heavy atom. The van der Waals surface area contributed by atoms with E-state index in [1.165, 1.54) is 16.8 Å². The Morgan fingerprint density at radius 2 is 1.80 bits per heavy atom. The van der Waals surface area contributed by atoms with Crippen molar-refractivity contribution in [2.45, 2.75) is 0 Å². The summed E-state index contributed by atoms with van der Waals surface area (Å²) < 4.78 is 15.3. The van der Waals surface area contributed by atoms with Gasteiger partial charge < -0.3 is 0 Å². The van der Waals surface area contributed by atoms with Gasteiger partial charge in [0.1, 0.15) is 11.5 Å². The van der Waals surface area contributed by atoms with Crippen LogP contribution in [0.4, 0.5) is 4.39 Å². The highest BCUT2D eigenvalue weighted by molar-refractivity contribution is 5.81. The Morgan fingerprint density at radius 3 is 2.55 bits per heavy atom. The molecule has 0 aliphatic carbocycles. The van der Waals surface area contributed by atoms with Gasteiger partial charge in [-0.2, -0.15) is 5.10 Å². The SMILES string of the molecule is O=Cc1cccc(F)c1-n1cc(-c2ccccc2)cn1. The minimum Gasteiger partial charge on any atom is -0.298 e. The number of nitrogens with zero attached hydrogens (tertiary/aromatic N) is 2. The summed E-state index contributed by atoms with van der Waals surface area (Å²) in [6.07, 6.45) is 3.99. The van der Waals surface area contributed by atoms with Crippen molar-refractivity contribution in [1.82, 2.24) is 9.78 Å². The van der Waals surface area contributed by atoms with E-state index in [-0.39, 0.29) is 11.3 Å². The van der Waals surface area contributed by atoms with Gasteiger partial charge in [-0.15, -0.1) is 0 Å². The number of aromatic nitrogens is 2.